The summed E-state index contributed by atoms with van der Waals surface area (Å²) in [5.41, 5.74) is 8.98. The number of nitrogens with zero attached hydrogens (tertiary/aromatic N) is 1. The molecule has 0 spiro atoms. The summed E-state index contributed by atoms with van der Waals surface area (Å²) in [6.45, 7) is 0. The molecule has 4 N–H and O–H groups in total. The van der Waals surface area contributed by atoms with Crippen LogP contribution < -0.4 is 16.6 Å². The van der Waals surface area contributed by atoms with Crippen molar-refractivity contribution in [2.75, 3.05) is 10.7 Å². The molecule has 0 amide bonds. The molecule has 5 nitrogen and oxygen atoms in total. The molecule has 0 unspecified atom stereocenters. The smallest absolute Gasteiger partial charge is 0.196 e. The van der Waals surface area contributed by atoms with Crippen molar-refractivity contribution in [1.29, 1.82) is 0 Å². The minimum Gasteiger partial charge on any atom is -0.399 e. The number of carbonyl (C=O) groups excluding carboxylic acids is 2. The lowest BCUT2D eigenvalue weighted by atomic mass is 9.83. The van der Waals surface area contributed by atoms with Gasteiger partial charge in [0, 0.05) is 22.4 Å². The highest BCUT2D eigenvalue weighted by molar-refractivity contribution is 6.30. The van der Waals surface area contributed by atoms with Gasteiger partial charge in [0.05, 0.1) is 16.9 Å². The van der Waals surface area contributed by atoms with E-state index in [2.05, 4.69) is 0 Å². The fourth-order valence-corrected chi connectivity index (χ4v) is 3.14. The largest absolute Gasteiger partial charge is 0.399 e. The van der Waals surface area contributed by atoms with E-state index in [1.807, 2.05) is 0 Å². The number of hydrogen-bond donors (Lipinski definition) is 2. The van der Waals surface area contributed by atoms with Crippen LogP contribution in [-0.4, -0.2) is 11.6 Å². The lowest BCUT2D eigenvalue weighted by Crippen LogP contribution is -2.30. The van der Waals surface area contributed by atoms with Crippen molar-refractivity contribution in [3.63, 3.8) is 0 Å². The average molecular weight is 329 g/mol. The van der Waals surface area contributed by atoms with E-state index in [9.17, 15) is 9.59 Å². The van der Waals surface area contributed by atoms with Gasteiger partial charge >= 0.3 is 0 Å². The van der Waals surface area contributed by atoms with Gasteiger partial charge in [-0.25, -0.2) is 5.84 Å². The summed E-state index contributed by atoms with van der Waals surface area (Å²) in [5.74, 6) is 5.87. The van der Waals surface area contributed by atoms with Crippen molar-refractivity contribution in [3.8, 4) is 0 Å². The molecule has 0 saturated carbocycles. The molecule has 0 heterocycles. The van der Waals surface area contributed by atoms with Crippen LogP contribution in [0.3, 0.4) is 0 Å². The van der Waals surface area contributed by atoms with Crippen LogP contribution in [0.1, 0.15) is 31.8 Å². The summed E-state index contributed by atoms with van der Waals surface area (Å²) in [6.07, 6.45) is 0. The molecule has 25 heavy (non-hydrogen) atoms. The molecule has 122 valence electrons. The number of nitrogens with two attached hydrogens (primary N) is 2. The number of ketones is 2. The van der Waals surface area contributed by atoms with Gasteiger partial charge < -0.3 is 5.73 Å². The molecule has 0 radical (unpaired) electrons. The molecule has 1 aliphatic rings. The number of anilines is 3. The Hall–Kier alpha value is -3.44. The number of fused-ring (bicyclic) bond motifs is 2. The lowest BCUT2D eigenvalue weighted by Gasteiger charge is -2.25. The molecule has 4 rings (SSSR count). The first-order valence-corrected chi connectivity index (χ1v) is 7.80. The summed E-state index contributed by atoms with van der Waals surface area (Å²) < 4.78 is 0. The first kappa shape index (κ1) is 15.1. The fraction of sp³-hybridized carbons (Fsp3) is 0. The first-order valence-electron chi connectivity index (χ1n) is 7.80. The van der Waals surface area contributed by atoms with Gasteiger partial charge in [0.2, 0.25) is 0 Å². The number of hydrogen-bond acceptors (Lipinski definition) is 5. The third-order valence-electron chi connectivity index (χ3n) is 4.34. The Morgan fingerprint density at radius 2 is 1.36 bits per heavy atom. The maximum Gasteiger partial charge on any atom is 0.196 e. The van der Waals surface area contributed by atoms with E-state index in [-0.39, 0.29) is 11.6 Å². The summed E-state index contributed by atoms with van der Waals surface area (Å²) in [6, 6.07) is 19.0. The van der Waals surface area contributed by atoms with Gasteiger partial charge in [-0.15, -0.1) is 0 Å². The summed E-state index contributed by atoms with van der Waals surface area (Å²) in [4.78, 5) is 25.8. The molecule has 3 aromatic carbocycles. The Kier molecular flexibility index (Phi) is 3.37. The summed E-state index contributed by atoms with van der Waals surface area (Å²) in [5, 5.41) is 1.38. The van der Waals surface area contributed by atoms with Gasteiger partial charge in [-0.2, -0.15) is 0 Å². The van der Waals surface area contributed by atoms with Crippen molar-refractivity contribution < 1.29 is 9.59 Å². The third kappa shape index (κ3) is 2.29. The van der Waals surface area contributed by atoms with E-state index in [4.69, 9.17) is 11.6 Å². The number of carbonyl (C=O) groups is 2. The molecular formula is C20H15N3O2. The Morgan fingerprint density at radius 1 is 0.720 bits per heavy atom. The highest BCUT2D eigenvalue weighted by atomic mass is 16.1. The Labute approximate surface area is 144 Å². The van der Waals surface area contributed by atoms with Crippen molar-refractivity contribution >= 4 is 28.6 Å². The SMILES string of the molecule is Nc1cccc(N(N)c2cccc3c2C(=O)c2ccccc2C3=O)c1. The topological polar surface area (TPSA) is 89.4 Å². The molecule has 0 saturated heterocycles. The maximum absolute atomic E-state index is 13.0. The van der Waals surface area contributed by atoms with Crippen molar-refractivity contribution in [2.45, 2.75) is 0 Å². The third-order valence-corrected chi connectivity index (χ3v) is 4.34. The molecule has 0 atom stereocenters. The first-order chi connectivity index (χ1) is 12.1. The Balaban J connectivity index is 1.91. The number of hydrazine groups is 1. The van der Waals surface area contributed by atoms with Gasteiger partial charge in [-0.1, -0.05) is 42.5 Å². The molecule has 0 aliphatic heterocycles. The van der Waals surface area contributed by atoms with E-state index in [0.29, 0.717) is 39.3 Å². The van der Waals surface area contributed by atoms with Gasteiger partial charge in [-0.3, -0.25) is 14.6 Å². The van der Waals surface area contributed by atoms with Crippen molar-refractivity contribution in [3.05, 3.63) is 89.0 Å². The van der Waals surface area contributed by atoms with Gasteiger partial charge in [0.15, 0.2) is 11.6 Å². The zero-order chi connectivity index (χ0) is 17.6. The van der Waals surface area contributed by atoms with E-state index in [1.165, 1.54) is 5.01 Å². The molecular weight excluding hydrogens is 314 g/mol. The second-order valence-electron chi connectivity index (χ2n) is 5.87. The van der Waals surface area contributed by atoms with Crippen LogP contribution in [-0.2, 0) is 0 Å². The van der Waals surface area contributed by atoms with Crippen molar-refractivity contribution in [2.24, 2.45) is 5.84 Å². The highest BCUT2D eigenvalue weighted by Gasteiger charge is 2.32. The van der Waals surface area contributed by atoms with Crippen LogP contribution in [0.5, 0.6) is 0 Å². The Bertz CT molecular complexity index is 1030. The molecule has 3 aromatic rings. The average Bonchev–Trinajstić information content (AvgIpc) is 2.65. The van der Waals surface area contributed by atoms with Gasteiger partial charge in [-0.05, 0) is 24.3 Å². The second-order valence-corrected chi connectivity index (χ2v) is 5.87. The molecule has 1 aliphatic carbocycles. The maximum atomic E-state index is 13.0. The van der Waals surface area contributed by atoms with Gasteiger partial charge in [0.25, 0.3) is 0 Å². The highest BCUT2D eigenvalue weighted by Crippen LogP contribution is 2.35. The standard InChI is InChI=1S/C20H15N3O2/c21-12-5-3-6-13(11-12)23(22)17-10-4-9-16-18(17)20(25)15-8-2-1-7-14(15)19(16)24/h1-11H,21-22H2. The minimum atomic E-state index is -0.208. The normalized spacial score (nSPS) is 12.5. The fourth-order valence-electron chi connectivity index (χ4n) is 3.14. The molecule has 0 aromatic heterocycles. The summed E-state index contributed by atoms with van der Waals surface area (Å²) in [7, 11) is 0. The zero-order valence-electron chi connectivity index (χ0n) is 13.3. The minimum absolute atomic E-state index is 0.173. The Morgan fingerprint density at radius 3 is 2.08 bits per heavy atom. The van der Waals surface area contributed by atoms with E-state index in [1.54, 1.807) is 66.7 Å². The van der Waals surface area contributed by atoms with Crippen LogP contribution >= 0.6 is 0 Å². The molecule has 5 heteroatoms. The van der Waals surface area contributed by atoms with Crippen molar-refractivity contribution in [1.82, 2.24) is 0 Å². The second kappa shape index (κ2) is 5.58. The molecule has 0 fully saturated rings. The predicted molar refractivity (Wildman–Crippen MR) is 96.9 cm³/mol. The van der Waals surface area contributed by atoms with E-state index in [0.717, 1.165) is 0 Å². The molecule has 0 bridgehead atoms. The quantitative estimate of drug-likeness (QED) is 0.335. The van der Waals surface area contributed by atoms with Crippen LogP contribution in [0, 0.1) is 0 Å². The van der Waals surface area contributed by atoms with Crippen LogP contribution in [0.15, 0.2) is 66.7 Å². The van der Waals surface area contributed by atoms with E-state index < -0.39 is 0 Å². The number of nitrogen functional groups attached to an aromatic ring is 1. The van der Waals surface area contributed by atoms with Gasteiger partial charge in [0.1, 0.15) is 0 Å². The predicted octanol–water partition coefficient (Wildman–Crippen LogP) is 3.06. The zero-order valence-corrected chi connectivity index (χ0v) is 13.3. The number of benzene rings is 3. The lowest BCUT2D eigenvalue weighted by molar-refractivity contribution is 0.0979. The van der Waals surface area contributed by atoms with Crippen LogP contribution in [0.25, 0.3) is 0 Å². The van der Waals surface area contributed by atoms with E-state index >= 15 is 0 Å². The summed E-state index contributed by atoms with van der Waals surface area (Å²) >= 11 is 0. The van der Waals surface area contributed by atoms with Crippen LogP contribution in [0.2, 0.25) is 0 Å². The van der Waals surface area contributed by atoms with Crippen LogP contribution in [0.4, 0.5) is 17.1 Å². The monoisotopic (exact) mass is 329 g/mol. The number of rotatable bonds is 2.